The molecule has 98 valence electrons. The van der Waals surface area contributed by atoms with E-state index in [2.05, 4.69) is 5.32 Å². The van der Waals surface area contributed by atoms with Gasteiger partial charge in [-0.1, -0.05) is 12.1 Å². The number of amides is 1. The van der Waals surface area contributed by atoms with Gasteiger partial charge < -0.3 is 15.8 Å². The fourth-order valence-corrected chi connectivity index (χ4v) is 1.61. The Balaban J connectivity index is 2.11. The zero-order valence-corrected chi connectivity index (χ0v) is 10.5. The zero-order valence-electron chi connectivity index (χ0n) is 10.5. The van der Waals surface area contributed by atoms with Crippen molar-refractivity contribution in [2.75, 3.05) is 11.9 Å². The van der Waals surface area contributed by atoms with E-state index in [0.29, 0.717) is 16.8 Å². The monoisotopic (exact) mass is 258 g/mol. The van der Waals surface area contributed by atoms with Crippen molar-refractivity contribution in [2.45, 2.75) is 6.92 Å². The number of allylic oxidation sites excluding steroid dienone is 2. The van der Waals surface area contributed by atoms with Crippen LogP contribution in [0, 0.1) is 0 Å². The molecule has 0 radical (unpaired) electrons. The first-order chi connectivity index (χ1) is 9.06. The molecule has 1 amide bonds. The van der Waals surface area contributed by atoms with Crippen LogP contribution in [-0.4, -0.2) is 18.3 Å². The number of Topliss-reactive ketones (excluding diaryl/α,β-unsaturated/α-hetero) is 1. The van der Waals surface area contributed by atoms with Gasteiger partial charge in [-0.3, -0.25) is 9.59 Å². The average Bonchev–Trinajstić information content (AvgIpc) is 2.39. The summed E-state index contributed by atoms with van der Waals surface area (Å²) in [5.74, 6) is -0.0356. The normalized spacial score (nSPS) is 13.9. The van der Waals surface area contributed by atoms with Gasteiger partial charge in [0.25, 0.3) is 5.91 Å². The second-order valence-electron chi connectivity index (χ2n) is 4.14. The minimum absolute atomic E-state index is 0.0491. The van der Waals surface area contributed by atoms with Crippen LogP contribution in [-0.2, 0) is 9.53 Å². The van der Waals surface area contributed by atoms with Crippen LogP contribution in [0.1, 0.15) is 17.3 Å². The van der Waals surface area contributed by atoms with Crippen molar-refractivity contribution in [3.63, 3.8) is 0 Å². The van der Waals surface area contributed by atoms with Crippen molar-refractivity contribution < 1.29 is 14.3 Å². The van der Waals surface area contributed by atoms with E-state index < -0.39 is 0 Å². The highest BCUT2D eigenvalue weighted by Gasteiger charge is 2.13. The SMILES string of the molecule is CC(=O)c1cccc(NC(=O)C2=CC=C(N)OC2)c1. The first kappa shape index (κ1) is 12.9. The highest BCUT2D eigenvalue weighted by atomic mass is 16.5. The van der Waals surface area contributed by atoms with Gasteiger partial charge >= 0.3 is 0 Å². The molecule has 5 heteroatoms. The lowest BCUT2D eigenvalue weighted by atomic mass is 10.1. The quantitative estimate of drug-likeness (QED) is 0.806. The van der Waals surface area contributed by atoms with Crippen molar-refractivity contribution in [1.82, 2.24) is 0 Å². The van der Waals surface area contributed by atoms with Gasteiger partial charge in [-0.25, -0.2) is 0 Å². The number of carbonyl (C=O) groups excluding carboxylic acids is 2. The third kappa shape index (κ3) is 3.22. The van der Waals surface area contributed by atoms with Crippen molar-refractivity contribution in [2.24, 2.45) is 5.73 Å². The molecule has 0 aliphatic carbocycles. The molecule has 0 fully saturated rings. The lowest BCUT2D eigenvalue weighted by Crippen LogP contribution is -2.21. The Bertz CT molecular complexity index is 588. The second kappa shape index (κ2) is 5.39. The van der Waals surface area contributed by atoms with E-state index in [0.717, 1.165) is 0 Å². The summed E-state index contributed by atoms with van der Waals surface area (Å²) in [6, 6.07) is 6.77. The Labute approximate surface area is 110 Å². The summed E-state index contributed by atoms with van der Waals surface area (Å²) in [5, 5.41) is 2.71. The Kier molecular flexibility index (Phi) is 3.66. The van der Waals surface area contributed by atoms with E-state index in [1.54, 1.807) is 30.3 Å². The van der Waals surface area contributed by atoms with Crippen LogP contribution >= 0.6 is 0 Å². The van der Waals surface area contributed by atoms with Gasteiger partial charge in [-0.15, -0.1) is 0 Å². The zero-order chi connectivity index (χ0) is 13.8. The molecule has 5 nitrogen and oxygen atoms in total. The maximum atomic E-state index is 11.9. The molecule has 1 aliphatic rings. The highest BCUT2D eigenvalue weighted by Crippen LogP contribution is 2.14. The minimum atomic E-state index is -0.274. The summed E-state index contributed by atoms with van der Waals surface area (Å²) in [7, 11) is 0. The predicted octanol–water partition coefficient (Wildman–Crippen LogP) is 1.58. The molecule has 0 bridgehead atoms. The number of rotatable bonds is 3. The van der Waals surface area contributed by atoms with Gasteiger partial charge in [0.05, 0.1) is 5.57 Å². The molecule has 0 unspecified atom stereocenters. The molecular weight excluding hydrogens is 244 g/mol. The van der Waals surface area contributed by atoms with Crippen molar-refractivity contribution in [3.8, 4) is 0 Å². The van der Waals surface area contributed by atoms with Crippen molar-refractivity contribution >= 4 is 17.4 Å². The summed E-state index contributed by atoms with van der Waals surface area (Å²) >= 11 is 0. The van der Waals surface area contributed by atoms with Crippen LogP contribution < -0.4 is 11.1 Å². The molecule has 1 aromatic carbocycles. The number of ketones is 1. The van der Waals surface area contributed by atoms with Crippen LogP contribution in [0.25, 0.3) is 0 Å². The maximum Gasteiger partial charge on any atom is 0.255 e. The molecule has 0 spiro atoms. The van der Waals surface area contributed by atoms with E-state index >= 15 is 0 Å². The van der Waals surface area contributed by atoms with Gasteiger partial charge in [0.1, 0.15) is 6.61 Å². The molecule has 19 heavy (non-hydrogen) atoms. The number of carbonyl (C=O) groups is 2. The third-order valence-corrected chi connectivity index (χ3v) is 2.66. The van der Waals surface area contributed by atoms with Crippen LogP contribution in [0.2, 0.25) is 0 Å². The van der Waals surface area contributed by atoms with E-state index in [1.165, 1.54) is 13.0 Å². The minimum Gasteiger partial charge on any atom is -0.474 e. The van der Waals surface area contributed by atoms with E-state index in [9.17, 15) is 9.59 Å². The summed E-state index contributed by atoms with van der Waals surface area (Å²) in [6.45, 7) is 1.62. The first-order valence-corrected chi connectivity index (χ1v) is 5.78. The summed E-state index contributed by atoms with van der Waals surface area (Å²) in [5.41, 5.74) is 7.02. The number of benzene rings is 1. The lowest BCUT2D eigenvalue weighted by Gasteiger charge is -2.13. The van der Waals surface area contributed by atoms with E-state index in [1.807, 2.05) is 0 Å². The molecule has 2 rings (SSSR count). The molecule has 0 atom stereocenters. The van der Waals surface area contributed by atoms with Gasteiger partial charge in [-0.05, 0) is 31.2 Å². The smallest absolute Gasteiger partial charge is 0.255 e. The highest BCUT2D eigenvalue weighted by molar-refractivity contribution is 6.05. The van der Waals surface area contributed by atoms with E-state index in [4.69, 9.17) is 10.5 Å². The third-order valence-electron chi connectivity index (χ3n) is 2.66. The van der Waals surface area contributed by atoms with Gasteiger partial charge in [-0.2, -0.15) is 0 Å². The maximum absolute atomic E-state index is 11.9. The molecule has 0 saturated carbocycles. The molecule has 1 aliphatic heterocycles. The second-order valence-corrected chi connectivity index (χ2v) is 4.14. The van der Waals surface area contributed by atoms with Gasteiger partial charge in [0, 0.05) is 11.3 Å². The largest absolute Gasteiger partial charge is 0.474 e. The molecule has 1 aromatic rings. The topological polar surface area (TPSA) is 81.4 Å². The Hall–Kier alpha value is -2.56. The fourth-order valence-electron chi connectivity index (χ4n) is 1.61. The number of hydrogen-bond acceptors (Lipinski definition) is 4. The number of nitrogens with two attached hydrogens (primary N) is 1. The molecule has 0 aromatic heterocycles. The van der Waals surface area contributed by atoms with Crippen LogP contribution in [0.3, 0.4) is 0 Å². The first-order valence-electron chi connectivity index (χ1n) is 5.78. The average molecular weight is 258 g/mol. The molecule has 0 saturated heterocycles. The van der Waals surface area contributed by atoms with Gasteiger partial charge in [0.15, 0.2) is 11.7 Å². The Morgan fingerprint density at radius 3 is 2.74 bits per heavy atom. The molecule has 3 N–H and O–H groups in total. The summed E-state index contributed by atoms with van der Waals surface area (Å²) in [4.78, 5) is 23.2. The summed E-state index contributed by atoms with van der Waals surface area (Å²) in [6.07, 6.45) is 3.15. The lowest BCUT2D eigenvalue weighted by molar-refractivity contribution is -0.113. The standard InChI is InChI=1S/C14H14N2O3/c1-9(17)10-3-2-4-12(7-10)16-14(18)11-5-6-13(15)19-8-11/h2-7H,8,15H2,1H3,(H,16,18). The number of ether oxygens (including phenoxy) is 1. The Morgan fingerprint density at radius 2 is 2.11 bits per heavy atom. The molecular formula is C14H14N2O3. The van der Waals surface area contributed by atoms with Gasteiger partial charge in [0.2, 0.25) is 0 Å². The van der Waals surface area contributed by atoms with Crippen LogP contribution in [0.4, 0.5) is 5.69 Å². The van der Waals surface area contributed by atoms with E-state index in [-0.39, 0.29) is 24.2 Å². The molecule has 1 heterocycles. The predicted molar refractivity (Wildman–Crippen MR) is 71.4 cm³/mol. The number of nitrogens with one attached hydrogen (secondary N) is 1. The summed E-state index contributed by atoms with van der Waals surface area (Å²) < 4.78 is 5.07. The fraction of sp³-hybridized carbons (Fsp3) is 0.143. The van der Waals surface area contributed by atoms with Crippen molar-refractivity contribution in [1.29, 1.82) is 0 Å². The van der Waals surface area contributed by atoms with Crippen molar-refractivity contribution in [3.05, 3.63) is 53.4 Å². The number of anilines is 1. The number of hydrogen-bond donors (Lipinski definition) is 2. The van der Waals surface area contributed by atoms with Crippen LogP contribution in [0.5, 0.6) is 0 Å². The Morgan fingerprint density at radius 1 is 1.32 bits per heavy atom. The van der Waals surface area contributed by atoms with Crippen LogP contribution in [0.15, 0.2) is 47.9 Å².